The molecule has 0 fully saturated rings. The number of hydrogen-bond acceptors (Lipinski definition) is 5. The molecule has 2 aromatic heterocycles. The second-order valence-electron chi connectivity index (χ2n) is 3.85. The lowest BCUT2D eigenvalue weighted by molar-refractivity contribution is 0.304. The maximum atomic E-state index is 5.60. The predicted molar refractivity (Wildman–Crippen MR) is 66.0 cm³/mol. The van der Waals surface area contributed by atoms with Crippen LogP contribution in [0.3, 0.4) is 0 Å². The third-order valence-corrected chi connectivity index (χ3v) is 2.90. The number of aromatic nitrogens is 3. The average Bonchev–Trinajstić information content (AvgIpc) is 3.03. The van der Waals surface area contributed by atoms with Gasteiger partial charge in [-0.3, -0.25) is 0 Å². The van der Waals surface area contributed by atoms with Crippen LogP contribution in [0.25, 0.3) is 22.2 Å². The van der Waals surface area contributed by atoms with Crippen molar-refractivity contribution in [2.24, 2.45) is 5.73 Å². The number of nitrogens with one attached hydrogen (secondary N) is 1. The van der Waals surface area contributed by atoms with Gasteiger partial charge in [-0.2, -0.15) is 0 Å². The summed E-state index contributed by atoms with van der Waals surface area (Å²) in [6, 6.07) is 5.81. The van der Waals surface area contributed by atoms with E-state index in [0.717, 1.165) is 22.2 Å². The Hall–Kier alpha value is -2.34. The van der Waals surface area contributed by atoms with Crippen LogP contribution in [0.2, 0.25) is 0 Å². The number of nitrogens with two attached hydrogens (primary N) is 1. The zero-order chi connectivity index (χ0) is 12.5. The normalized spacial score (nSPS) is 11.0. The number of hydrogen-bond donors (Lipinski definition) is 2. The molecule has 6 heteroatoms. The monoisotopic (exact) mass is 244 g/mol. The van der Waals surface area contributed by atoms with Crippen molar-refractivity contribution < 1.29 is 9.37 Å². The lowest BCUT2D eigenvalue weighted by atomic mass is 10.1. The molecule has 2 heterocycles. The maximum Gasteiger partial charge on any atom is 0.142 e. The van der Waals surface area contributed by atoms with Gasteiger partial charge < -0.3 is 15.5 Å². The molecule has 0 saturated carbocycles. The second kappa shape index (κ2) is 4.15. The van der Waals surface area contributed by atoms with E-state index >= 15 is 0 Å². The first-order valence-corrected chi connectivity index (χ1v) is 5.51. The Morgan fingerprint density at radius 2 is 2.28 bits per heavy atom. The highest BCUT2D eigenvalue weighted by molar-refractivity contribution is 5.98. The minimum atomic E-state index is 0.287. The van der Waals surface area contributed by atoms with Crippen molar-refractivity contribution in [1.82, 2.24) is 15.3 Å². The highest BCUT2D eigenvalue weighted by Crippen LogP contribution is 2.33. The van der Waals surface area contributed by atoms with E-state index in [2.05, 4.69) is 15.3 Å². The van der Waals surface area contributed by atoms with E-state index in [9.17, 15) is 0 Å². The summed E-state index contributed by atoms with van der Waals surface area (Å²) in [5.41, 5.74) is 8.73. The Morgan fingerprint density at radius 1 is 1.39 bits per heavy atom. The third kappa shape index (κ3) is 1.46. The van der Waals surface area contributed by atoms with Gasteiger partial charge in [0.2, 0.25) is 0 Å². The van der Waals surface area contributed by atoms with Gasteiger partial charge in [-0.05, 0) is 11.2 Å². The van der Waals surface area contributed by atoms with Crippen molar-refractivity contribution in [3.63, 3.8) is 0 Å². The van der Waals surface area contributed by atoms with Gasteiger partial charge in [0.25, 0.3) is 0 Å². The van der Waals surface area contributed by atoms with Crippen LogP contribution in [0.4, 0.5) is 0 Å². The SMILES string of the molecule is COc1cccc2c(-c3nonc3CN)c[nH]c12. The predicted octanol–water partition coefficient (Wildman–Crippen LogP) is 1.69. The minimum Gasteiger partial charge on any atom is -0.495 e. The molecule has 0 saturated heterocycles. The van der Waals surface area contributed by atoms with Crippen molar-refractivity contribution in [2.45, 2.75) is 6.54 Å². The summed E-state index contributed by atoms with van der Waals surface area (Å²) in [7, 11) is 1.64. The van der Waals surface area contributed by atoms with E-state index in [0.29, 0.717) is 11.4 Å². The van der Waals surface area contributed by atoms with Crippen molar-refractivity contribution in [3.05, 3.63) is 30.1 Å². The molecule has 0 amide bonds. The molecule has 0 aliphatic heterocycles. The van der Waals surface area contributed by atoms with Gasteiger partial charge in [0.1, 0.15) is 17.1 Å². The van der Waals surface area contributed by atoms with Gasteiger partial charge in [0.15, 0.2) is 0 Å². The average molecular weight is 244 g/mol. The molecule has 6 nitrogen and oxygen atoms in total. The summed E-state index contributed by atoms with van der Waals surface area (Å²) >= 11 is 0. The summed E-state index contributed by atoms with van der Waals surface area (Å²) in [6.07, 6.45) is 1.85. The molecule has 0 atom stereocenters. The fraction of sp³-hybridized carbons (Fsp3) is 0.167. The quantitative estimate of drug-likeness (QED) is 0.731. The molecule has 0 aliphatic carbocycles. The first-order chi connectivity index (χ1) is 8.85. The van der Waals surface area contributed by atoms with Crippen molar-refractivity contribution in [2.75, 3.05) is 7.11 Å². The zero-order valence-corrected chi connectivity index (χ0v) is 9.80. The Bertz CT molecular complexity index is 686. The van der Waals surface area contributed by atoms with Crippen LogP contribution in [0.15, 0.2) is 29.0 Å². The lowest BCUT2D eigenvalue weighted by Crippen LogP contribution is -1.98. The number of aromatic amines is 1. The van der Waals surface area contributed by atoms with Gasteiger partial charge in [-0.25, -0.2) is 4.63 Å². The molecule has 18 heavy (non-hydrogen) atoms. The third-order valence-electron chi connectivity index (χ3n) is 2.90. The molecule has 0 spiro atoms. The highest BCUT2D eigenvalue weighted by atomic mass is 16.6. The summed E-state index contributed by atoms with van der Waals surface area (Å²) in [5, 5.41) is 8.69. The van der Waals surface area contributed by atoms with E-state index < -0.39 is 0 Å². The number of fused-ring (bicyclic) bond motifs is 1. The summed E-state index contributed by atoms with van der Waals surface area (Å²) in [4.78, 5) is 3.17. The molecule has 92 valence electrons. The molecule has 3 N–H and O–H groups in total. The molecule has 1 aromatic carbocycles. The van der Waals surface area contributed by atoms with Crippen molar-refractivity contribution in [3.8, 4) is 17.0 Å². The number of methoxy groups -OCH3 is 1. The maximum absolute atomic E-state index is 5.60. The number of benzene rings is 1. The van der Waals surface area contributed by atoms with Gasteiger partial charge >= 0.3 is 0 Å². The van der Waals surface area contributed by atoms with Gasteiger partial charge in [-0.1, -0.05) is 17.3 Å². The fourth-order valence-electron chi connectivity index (χ4n) is 2.04. The first-order valence-electron chi connectivity index (χ1n) is 5.51. The summed E-state index contributed by atoms with van der Waals surface area (Å²) in [5.74, 6) is 0.782. The molecule has 0 aliphatic rings. The van der Waals surface area contributed by atoms with Crippen molar-refractivity contribution >= 4 is 10.9 Å². The van der Waals surface area contributed by atoms with Gasteiger partial charge in [-0.15, -0.1) is 0 Å². The van der Waals surface area contributed by atoms with E-state index in [1.54, 1.807) is 7.11 Å². The Kier molecular flexibility index (Phi) is 2.49. The number of nitrogens with zero attached hydrogens (tertiary/aromatic N) is 2. The summed E-state index contributed by atoms with van der Waals surface area (Å²) in [6.45, 7) is 0.287. The van der Waals surface area contributed by atoms with Gasteiger partial charge in [0.05, 0.1) is 12.6 Å². The molecule has 0 bridgehead atoms. The molecular formula is C12H12N4O2. The van der Waals surface area contributed by atoms with Crippen LogP contribution in [0, 0.1) is 0 Å². The topological polar surface area (TPSA) is 90.0 Å². The molecule has 3 aromatic rings. The molecule has 0 unspecified atom stereocenters. The highest BCUT2D eigenvalue weighted by Gasteiger charge is 2.16. The largest absolute Gasteiger partial charge is 0.495 e. The molecule has 0 radical (unpaired) electrons. The Balaban J connectivity index is 2.25. The van der Waals surface area contributed by atoms with Crippen molar-refractivity contribution in [1.29, 1.82) is 0 Å². The van der Waals surface area contributed by atoms with E-state index in [1.165, 1.54) is 0 Å². The number of para-hydroxylation sites is 1. The van der Waals surface area contributed by atoms with Crippen LogP contribution in [-0.4, -0.2) is 22.4 Å². The Labute approximate surface area is 103 Å². The molecular weight excluding hydrogens is 232 g/mol. The number of ether oxygens (including phenoxy) is 1. The van der Waals surface area contributed by atoms with Crippen LogP contribution >= 0.6 is 0 Å². The van der Waals surface area contributed by atoms with Crippen LogP contribution in [0.1, 0.15) is 5.69 Å². The standard InChI is InChI=1S/C12H12N4O2/c1-17-10-4-2-3-7-8(6-14-12(7)10)11-9(5-13)15-18-16-11/h2-4,6,14H,5,13H2,1H3. The van der Waals surface area contributed by atoms with Crippen LogP contribution in [-0.2, 0) is 6.54 Å². The molecule has 3 rings (SSSR count). The lowest BCUT2D eigenvalue weighted by Gasteiger charge is -2.01. The van der Waals surface area contributed by atoms with E-state index in [1.807, 2.05) is 24.4 Å². The summed E-state index contributed by atoms with van der Waals surface area (Å²) < 4.78 is 10.0. The van der Waals surface area contributed by atoms with Gasteiger partial charge in [0, 0.05) is 23.7 Å². The number of rotatable bonds is 3. The fourth-order valence-corrected chi connectivity index (χ4v) is 2.04. The first kappa shape index (κ1) is 10.8. The Morgan fingerprint density at radius 3 is 3.06 bits per heavy atom. The zero-order valence-electron chi connectivity index (χ0n) is 9.80. The minimum absolute atomic E-state index is 0.287. The van der Waals surface area contributed by atoms with E-state index in [-0.39, 0.29) is 6.54 Å². The number of H-pyrrole nitrogens is 1. The van der Waals surface area contributed by atoms with Crippen LogP contribution in [0.5, 0.6) is 5.75 Å². The second-order valence-corrected chi connectivity index (χ2v) is 3.85. The van der Waals surface area contributed by atoms with E-state index in [4.69, 9.17) is 15.1 Å². The van der Waals surface area contributed by atoms with Crippen LogP contribution < -0.4 is 10.5 Å². The smallest absolute Gasteiger partial charge is 0.142 e.